The van der Waals surface area contributed by atoms with Gasteiger partial charge in [0.25, 0.3) is 0 Å². The average Bonchev–Trinajstić information content (AvgIpc) is 2.24. The Kier molecular flexibility index (Phi) is 4.85. The van der Waals surface area contributed by atoms with Gasteiger partial charge in [-0.05, 0) is 18.1 Å². The normalized spacial score (nSPS) is 12.4. The lowest BCUT2D eigenvalue weighted by Crippen LogP contribution is -2.36. The first-order valence-electron chi connectivity index (χ1n) is 5.19. The third-order valence-corrected chi connectivity index (χ3v) is 2.19. The molecule has 4 nitrogen and oxygen atoms in total. The molecule has 5 heteroatoms. The highest BCUT2D eigenvalue weighted by Crippen LogP contribution is 2.03. The van der Waals surface area contributed by atoms with Gasteiger partial charge < -0.3 is 10.4 Å². The van der Waals surface area contributed by atoms with Crippen molar-refractivity contribution in [3.05, 3.63) is 29.8 Å². The van der Waals surface area contributed by atoms with Gasteiger partial charge >= 0.3 is 5.97 Å². The highest BCUT2D eigenvalue weighted by Gasteiger charge is 2.15. The third-order valence-electron chi connectivity index (χ3n) is 2.19. The Morgan fingerprint density at radius 2 is 2.38 bits per heavy atom. The second-order valence-corrected chi connectivity index (χ2v) is 3.57. The van der Waals surface area contributed by atoms with Crippen LogP contribution >= 0.6 is 0 Å². The monoisotopic (exact) mass is 226 g/mol. The molecule has 0 aliphatic rings. The Hall–Kier alpha value is -1.49. The summed E-state index contributed by atoms with van der Waals surface area (Å²) >= 11 is 0. The fraction of sp³-hybridized carbons (Fsp3) is 0.455. The van der Waals surface area contributed by atoms with Crippen LogP contribution in [0.5, 0.6) is 0 Å². The van der Waals surface area contributed by atoms with Crippen LogP contribution in [0.4, 0.5) is 4.39 Å². The number of halogens is 1. The highest BCUT2D eigenvalue weighted by atomic mass is 19.1. The summed E-state index contributed by atoms with van der Waals surface area (Å²) in [6, 6.07) is 0.749. The lowest BCUT2D eigenvalue weighted by atomic mass is 10.1. The molecule has 1 heterocycles. The smallest absolute Gasteiger partial charge is 0.320 e. The summed E-state index contributed by atoms with van der Waals surface area (Å²) in [6.07, 6.45) is 3.97. The maximum Gasteiger partial charge on any atom is 0.320 e. The van der Waals surface area contributed by atoms with Crippen molar-refractivity contribution in [1.82, 2.24) is 10.3 Å². The van der Waals surface area contributed by atoms with E-state index in [0.717, 1.165) is 12.6 Å². The molecule has 1 aromatic heterocycles. The SMILES string of the molecule is CCCC(NCc1cncc(F)c1)C(=O)O. The number of aliphatic carboxylic acids is 1. The number of carboxylic acids is 1. The summed E-state index contributed by atoms with van der Waals surface area (Å²) in [5.74, 6) is -1.30. The molecule has 0 amide bonds. The average molecular weight is 226 g/mol. The zero-order valence-electron chi connectivity index (χ0n) is 9.11. The van der Waals surface area contributed by atoms with E-state index >= 15 is 0 Å². The van der Waals surface area contributed by atoms with E-state index in [1.807, 2.05) is 6.92 Å². The van der Waals surface area contributed by atoms with Crippen LogP contribution in [0.25, 0.3) is 0 Å². The van der Waals surface area contributed by atoms with Crippen molar-refractivity contribution in [3.63, 3.8) is 0 Å². The minimum atomic E-state index is -0.883. The van der Waals surface area contributed by atoms with Crippen molar-refractivity contribution in [3.8, 4) is 0 Å². The lowest BCUT2D eigenvalue weighted by Gasteiger charge is -2.13. The molecule has 0 radical (unpaired) electrons. The topological polar surface area (TPSA) is 62.2 Å². The quantitative estimate of drug-likeness (QED) is 0.772. The number of carbonyl (C=O) groups is 1. The van der Waals surface area contributed by atoms with Crippen LogP contribution in [0.1, 0.15) is 25.3 Å². The first-order chi connectivity index (χ1) is 7.63. The van der Waals surface area contributed by atoms with Crippen LogP contribution < -0.4 is 5.32 Å². The summed E-state index contributed by atoms with van der Waals surface area (Å²) in [7, 11) is 0. The van der Waals surface area contributed by atoms with E-state index in [0.29, 0.717) is 18.5 Å². The Labute approximate surface area is 93.5 Å². The predicted octanol–water partition coefficient (Wildman–Crippen LogP) is 1.56. The van der Waals surface area contributed by atoms with E-state index in [4.69, 9.17) is 5.11 Å². The maximum atomic E-state index is 12.8. The van der Waals surface area contributed by atoms with Gasteiger partial charge in [-0.15, -0.1) is 0 Å². The minimum Gasteiger partial charge on any atom is -0.480 e. The molecule has 0 aliphatic heterocycles. The van der Waals surface area contributed by atoms with Crippen molar-refractivity contribution in [2.75, 3.05) is 0 Å². The van der Waals surface area contributed by atoms with Gasteiger partial charge in [-0.3, -0.25) is 9.78 Å². The molecule has 16 heavy (non-hydrogen) atoms. The van der Waals surface area contributed by atoms with Gasteiger partial charge in [0.05, 0.1) is 6.20 Å². The molecule has 1 rings (SSSR count). The van der Waals surface area contributed by atoms with Crippen molar-refractivity contribution >= 4 is 5.97 Å². The number of hydrogen-bond acceptors (Lipinski definition) is 3. The number of nitrogens with one attached hydrogen (secondary N) is 1. The molecule has 88 valence electrons. The van der Waals surface area contributed by atoms with Crippen molar-refractivity contribution in [1.29, 1.82) is 0 Å². The van der Waals surface area contributed by atoms with Gasteiger partial charge in [-0.2, -0.15) is 0 Å². The van der Waals surface area contributed by atoms with Crippen LogP contribution in [-0.4, -0.2) is 22.1 Å². The third kappa shape index (κ3) is 3.94. The Morgan fingerprint density at radius 1 is 1.62 bits per heavy atom. The summed E-state index contributed by atoms with van der Waals surface area (Å²) in [4.78, 5) is 14.5. The Balaban J connectivity index is 2.51. The molecule has 0 saturated carbocycles. The number of carboxylic acid groups (broad SMARTS) is 1. The molecule has 0 saturated heterocycles. The second-order valence-electron chi connectivity index (χ2n) is 3.57. The summed E-state index contributed by atoms with van der Waals surface area (Å²) < 4.78 is 12.8. The number of pyridine rings is 1. The largest absolute Gasteiger partial charge is 0.480 e. The van der Waals surface area contributed by atoms with Crippen LogP contribution in [0.3, 0.4) is 0 Å². The molecule has 2 N–H and O–H groups in total. The van der Waals surface area contributed by atoms with E-state index in [9.17, 15) is 9.18 Å². The molecule has 1 aromatic rings. The van der Waals surface area contributed by atoms with E-state index in [2.05, 4.69) is 10.3 Å². The zero-order valence-corrected chi connectivity index (χ0v) is 9.11. The van der Waals surface area contributed by atoms with Crippen molar-refractivity contribution in [2.24, 2.45) is 0 Å². The zero-order chi connectivity index (χ0) is 12.0. The summed E-state index contributed by atoms with van der Waals surface area (Å²) in [5.41, 5.74) is 0.641. The van der Waals surface area contributed by atoms with E-state index in [-0.39, 0.29) is 0 Å². The first-order valence-corrected chi connectivity index (χ1v) is 5.19. The van der Waals surface area contributed by atoms with Gasteiger partial charge in [-0.25, -0.2) is 4.39 Å². The number of aromatic nitrogens is 1. The van der Waals surface area contributed by atoms with Gasteiger partial charge in [0.2, 0.25) is 0 Å². The fourth-order valence-corrected chi connectivity index (χ4v) is 1.40. The fourth-order valence-electron chi connectivity index (χ4n) is 1.40. The Bertz CT molecular complexity index is 358. The van der Waals surface area contributed by atoms with Crippen molar-refractivity contribution < 1.29 is 14.3 Å². The van der Waals surface area contributed by atoms with Crippen LogP contribution in [0.2, 0.25) is 0 Å². The minimum absolute atomic E-state index is 0.307. The van der Waals surface area contributed by atoms with Crippen LogP contribution in [0, 0.1) is 5.82 Å². The van der Waals surface area contributed by atoms with Gasteiger partial charge in [0.1, 0.15) is 11.9 Å². The number of rotatable bonds is 6. The predicted molar refractivity (Wildman–Crippen MR) is 57.4 cm³/mol. The number of hydrogen-bond donors (Lipinski definition) is 2. The maximum absolute atomic E-state index is 12.8. The van der Waals surface area contributed by atoms with Crippen LogP contribution in [0.15, 0.2) is 18.5 Å². The first kappa shape index (κ1) is 12.6. The molecule has 1 unspecified atom stereocenters. The van der Waals surface area contributed by atoms with Gasteiger partial charge in [-0.1, -0.05) is 13.3 Å². The lowest BCUT2D eigenvalue weighted by molar-refractivity contribution is -0.139. The van der Waals surface area contributed by atoms with Gasteiger partial charge in [0, 0.05) is 12.7 Å². The summed E-state index contributed by atoms with van der Waals surface area (Å²) in [6.45, 7) is 2.23. The number of nitrogens with zero attached hydrogens (tertiary/aromatic N) is 1. The molecule has 0 aliphatic carbocycles. The highest BCUT2D eigenvalue weighted by molar-refractivity contribution is 5.73. The molecule has 0 aromatic carbocycles. The molecule has 1 atom stereocenters. The van der Waals surface area contributed by atoms with Gasteiger partial charge in [0.15, 0.2) is 0 Å². The Morgan fingerprint density at radius 3 is 2.94 bits per heavy atom. The van der Waals surface area contributed by atoms with Crippen LogP contribution in [-0.2, 0) is 11.3 Å². The van der Waals surface area contributed by atoms with Crippen molar-refractivity contribution in [2.45, 2.75) is 32.4 Å². The molecule has 0 bridgehead atoms. The molecular formula is C11H15FN2O2. The summed E-state index contributed by atoms with van der Waals surface area (Å²) in [5, 5.41) is 11.7. The van der Waals surface area contributed by atoms with E-state index in [1.165, 1.54) is 12.3 Å². The van der Waals surface area contributed by atoms with E-state index < -0.39 is 17.8 Å². The second kappa shape index (κ2) is 6.17. The standard InChI is InChI=1S/C11H15FN2O2/c1-2-3-10(11(15)16)14-6-8-4-9(12)7-13-5-8/h4-5,7,10,14H,2-3,6H2,1H3,(H,15,16). The van der Waals surface area contributed by atoms with E-state index in [1.54, 1.807) is 0 Å². The molecular weight excluding hydrogens is 211 g/mol. The molecule has 0 spiro atoms. The molecule has 0 fully saturated rings.